The number of fused-ring (bicyclic) bond motifs is 1. The molecular formula is C9H7F2N. The summed E-state index contributed by atoms with van der Waals surface area (Å²) in [5.74, 6) is 0. The molecule has 1 heterocycles. The summed E-state index contributed by atoms with van der Waals surface area (Å²) in [6, 6.07) is 8.76. The highest BCUT2D eigenvalue weighted by molar-refractivity contribution is 5.79. The molecule has 0 aliphatic rings. The molecule has 0 atom stereocenters. The van der Waals surface area contributed by atoms with Crippen LogP contribution in [0, 0.1) is 0 Å². The van der Waals surface area contributed by atoms with Gasteiger partial charge in [0, 0.05) is 6.20 Å². The molecule has 1 aromatic carbocycles. The molecular weight excluding hydrogens is 160 g/mol. The van der Waals surface area contributed by atoms with E-state index in [0.717, 1.165) is 9.95 Å². The lowest BCUT2D eigenvalue weighted by Crippen LogP contribution is -1.94. The van der Waals surface area contributed by atoms with Crippen LogP contribution >= 0.6 is 0 Å². The van der Waals surface area contributed by atoms with Crippen molar-refractivity contribution in [2.75, 3.05) is 0 Å². The van der Waals surface area contributed by atoms with Crippen LogP contribution in [0.1, 0.15) is 6.55 Å². The number of rotatable bonds is 1. The average molecular weight is 167 g/mol. The molecule has 12 heavy (non-hydrogen) atoms. The maximum Gasteiger partial charge on any atom is 0.319 e. The van der Waals surface area contributed by atoms with E-state index in [4.69, 9.17) is 0 Å². The molecule has 0 radical (unpaired) electrons. The highest BCUT2D eigenvalue weighted by atomic mass is 19.3. The number of alkyl halides is 2. The third kappa shape index (κ3) is 0.978. The van der Waals surface area contributed by atoms with Crippen LogP contribution in [0.5, 0.6) is 0 Å². The van der Waals surface area contributed by atoms with Crippen molar-refractivity contribution in [2.24, 2.45) is 0 Å². The van der Waals surface area contributed by atoms with E-state index in [1.54, 1.807) is 18.2 Å². The molecule has 1 aromatic heterocycles. The van der Waals surface area contributed by atoms with E-state index in [1.807, 2.05) is 12.1 Å². The van der Waals surface area contributed by atoms with Crippen LogP contribution in [-0.2, 0) is 0 Å². The SMILES string of the molecule is FC(F)n1ccc2ccccc21. The van der Waals surface area contributed by atoms with Gasteiger partial charge in [-0.05, 0) is 17.5 Å². The summed E-state index contributed by atoms with van der Waals surface area (Å²) in [5, 5.41) is 0.845. The molecule has 0 unspecified atom stereocenters. The predicted octanol–water partition coefficient (Wildman–Crippen LogP) is 3.04. The fourth-order valence-electron chi connectivity index (χ4n) is 1.27. The van der Waals surface area contributed by atoms with Gasteiger partial charge in [-0.1, -0.05) is 18.2 Å². The number of hydrogen-bond donors (Lipinski definition) is 0. The van der Waals surface area contributed by atoms with Crippen LogP contribution in [-0.4, -0.2) is 4.57 Å². The fraction of sp³-hybridized carbons (Fsp3) is 0.111. The Morgan fingerprint density at radius 1 is 1.08 bits per heavy atom. The topological polar surface area (TPSA) is 4.93 Å². The summed E-state index contributed by atoms with van der Waals surface area (Å²) in [5.41, 5.74) is 0.576. The number of aromatic nitrogens is 1. The van der Waals surface area contributed by atoms with E-state index >= 15 is 0 Å². The number of hydrogen-bond acceptors (Lipinski definition) is 0. The Labute approximate surface area is 68.2 Å². The number of nitrogens with zero attached hydrogens (tertiary/aromatic N) is 1. The summed E-state index contributed by atoms with van der Waals surface area (Å²) >= 11 is 0. The molecule has 2 rings (SSSR count). The van der Waals surface area contributed by atoms with Crippen LogP contribution in [0.25, 0.3) is 10.9 Å². The lowest BCUT2D eigenvalue weighted by molar-refractivity contribution is 0.0752. The zero-order chi connectivity index (χ0) is 8.55. The van der Waals surface area contributed by atoms with Crippen LogP contribution in [0.15, 0.2) is 36.5 Å². The molecule has 0 spiro atoms. The molecule has 1 nitrogen and oxygen atoms in total. The fourth-order valence-corrected chi connectivity index (χ4v) is 1.27. The number of para-hydroxylation sites is 1. The first-order chi connectivity index (χ1) is 5.79. The van der Waals surface area contributed by atoms with Gasteiger partial charge in [0.2, 0.25) is 0 Å². The Balaban J connectivity index is 2.70. The summed E-state index contributed by atoms with van der Waals surface area (Å²) in [6.45, 7) is -2.45. The van der Waals surface area contributed by atoms with Crippen molar-refractivity contribution in [1.29, 1.82) is 0 Å². The Kier molecular flexibility index (Phi) is 1.57. The van der Waals surface area contributed by atoms with Gasteiger partial charge >= 0.3 is 6.55 Å². The first-order valence-corrected chi connectivity index (χ1v) is 3.63. The molecule has 0 bridgehead atoms. The Bertz CT molecular complexity index is 392. The zero-order valence-corrected chi connectivity index (χ0v) is 6.24. The second-order valence-corrected chi connectivity index (χ2v) is 2.56. The molecule has 62 valence electrons. The quantitative estimate of drug-likeness (QED) is 0.615. The molecule has 3 heteroatoms. The zero-order valence-electron chi connectivity index (χ0n) is 6.24. The highest BCUT2D eigenvalue weighted by Gasteiger charge is 2.07. The third-order valence-electron chi connectivity index (χ3n) is 1.84. The molecule has 0 saturated carbocycles. The standard InChI is InChI=1S/C9H7F2N/c10-9(11)12-6-5-7-3-1-2-4-8(7)12/h1-6,9H. The Hall–Kier alpha value is -1.38. The number of benzene rings is 1. The van der Waals surface area contributed by atoms with Gasteiger partial charge in [-0.25, -0.2) is 0 Å². The largest absolute Gasteiger partial charge is 0.319 e. The first-order valence-electron chi connectivity index (χ1n) is 3.63. The molecule has 2 aromatic rings. The molecule has 0 aliphatic carbocycles. The van der Waals surface area contributed by atoms with Crippen molar-refractivity contribution >= 4 is 10.9 Å². The van der Waals surface area contributed by atoms with Gasteiger partial charge < -0.3 is 0 Å². The van der Waals surface area contributed by atoms with Crippen LogP contribution in [0.2, 0.25) is 0 Å². The normalized spacial score (nSPS) is 11.2. The number of halogens is 2. The van der Waals surface area contributed by atoms with Crippen molar-refractivity contribution in [1.82, 2.24) is 4.57 Å². The minimum absolute atomic E-state index is 0.576. The molecule has 0 fully saturated rings. The van der Waals surface area contributed by atoms with E-state index < -0.39 is 6.55 Å². The van der Waals surface area contributed by atoms with Gasteiger partial charge in [-0.15, -0.1) is 0 Å². The predicted molar refractivity (Wildman–Crippen MR) is 43.2 cm³/mol. The van der Waals surface area contributed by atoms with Gasteiger partial charge in [0.05, 0.1) is 5.52 Å². The van der Waals surface area contributed by atoms with Gasteiger partial charge in [0.15, 0.2) is 0 Å². The summed E-state index contributed by atoms with van der Waals surface area (Å²) < 4.78 is 25.5. The summed E-state index contributed by atoms with van der Waals surface area (Å²) in [6.07, 6.45) is 1.40. The summed E-state index contributed by atoms with van der Waals surface area (Å²) in [7, 11) is 0. The lowest BCUT2D eigenvalue weighted by Gasteiger charge is -2.01. The maximum atomic E-state index is 12.3. The van der Waals surface area contributed by atoms with Crippen LogP contribution in [0.3, 0.4) is 0 Å². The molecule has 0 aliphatic heterocycles. The second kappa shape index (κ2) is 2.59. The summed E-state index contributed by atoms with van der Waals surface area (Å²) in [4.78, 5) is 0. The van der Waals surface area contributed by atoms with E-state index in [9.17, 15) is 8.78 Å². The third-order valence-corrected chi connectivity index (χ3v) is 1.84. The van der Waals surface area contributed by atoms with Gasteiger partial charge in [0.1, 0.15) is 0 Å². The first kappa shape index (κ1) is 7.28. The van der Waals surface area contributed by atoms with Gasteiger partial charge in [0.25, 0.3) is 0 Å². The Morgan fingerprint density at radius 3 is 2.58 bits per heavy atom. The van der Waals surface area contributed by atoms with Crippen LogP contribution in [0.4, 0.5) is 8.78 Å². The van der Waals surface area contributed by atoms with E-state index in [-0.39, 0.29) is 0 Å². The molecule has 0 saturated heterocycles. The van der Waals surface area contributed by atoms with Crippen molar-refractivity contribution in [3.63, 3.8) is 0 Å². The minimum Gasteiger partial charge on any atom is -0.291 e. The second-order valence-electron chi connectivity index (χ2n) is 2.56. The maximum absolute atomic E-state index is 12.3. The van der Waals surface area contributed by atoms with Crippen LogP contribution < -0.4 is 0 Å². The van der Waals surface area contributed by atoms with E-state index in [1.165, 1.54) is 6.20 Å². The van der Waals surface area contributed by atoms with Gasteiger partial charge in [-0.3, -0.25) is 4.57 Å². The minimum atomic E-state index is -2.45. The van der Waals surface area contributed by atoms with Crippen molar-refractivity contribution in [2.45, 2.75) is 6.55 Å². The molecule has 0 N–H and O–H groups in total. The Morgan fingerprint density at radius 2 is 1.83 bits per heavy atom. The van der Waals surface area contributed by atoms with Crippen molar-refractivity contribution in [3.8, 4) is 0 Å². The van der Waals surface area contributed by atoms with E-state index in [2.05, 4.69) is 0 Å². The van der Waals surface area contributed by atoms with Crippen molar-refractivity contribution < 1.29 is 8.78 Å². The highest BCUT2D eigenvalue weighted by Crippen LogP contribution is 2.20. The average Bonchev–Trinajstić information content (AvgIpc) is 2.47. The van der Waals surface area contributed by atoms with E-state index in [0.29, 0.717) is 5.52 Å². The monoisotopic (exact) mass is 167 g/mol. The smallest absolute Gasteiger partial charge is 0.291 e. The molecule has 0 amide bonds. The van der Waals surface area contributed by atoms with Gasteiger partial charge in [-0.2, -0.15) is 8.78 Å². The lowest BCUT2D eigenvalue weighted by atomic mass is 10.2. The van der Waals surface area contributed by atoms with Crippen molar-refractivity contribution in [3.05, 3.63) is 36.5 Å².